The highest BCUT2D eigenvalue weighted by Crippen LogP contribution is 2.05. The van der Waals surface area contributed by atoms with E-state index in [2.05, 4.69) is 41.6 Å². The molecular formula is C15H32N2O2. The van der Waals surface area contributed by atoms with E-state index < -0.39 is 0 Å². The first-order chi connectivity index (χ1) is 9.24. The quantitative estimate of drug-likeness (QED) is 0.803. The Kier molecular flexibility index (Phi) is 26.6. The molecule has 1 fully saturated rings. The fourth-order valence-electron chi connectivity index (χ4n) is 1.39. The number of terminal acetylenes is 1. The molecule has 114 valence electrons. The molecule has 0 radical (unpaired) electrons. The minimum absolute atomic E-state index is 0.339. The summed E-state index contributed by atoms with van der Waals surface area (Å²) < 4.78 is 4.45. The summed E-state index contributed by atoms with van der Waals surface area (Å²) in [4.78, 5) is 13.0. The molecule has 0 atom stereocenters. The third-order valence-corrected chi connectivity index (χ3v) is 2.08. The number of ether oxygens (including phenoxy) is 1. The van der Waals surface area contributed by atoms with E-state index in [0.29, 0.717) is 6.54 Å². The number of alkyl carbamates (subject to hydrolysis) is 1. The lowest BCUT2D eigenvalue weighted by Gasteiger charge is -2.13. The molecule has 1 saturated heterocycles. The van der Waals surface area contributed by atoms with Gasteiger partial charge in [0.1, 0.15) is 0 Å². The van der Waals surface area contributed by atoms with Gasteiger partial charge in [0.25, 0.3) is 0 Å². The Morgan fingerprint density at radius 3 is 2.00 bits per heavy atom. The van der Waals surface area contributed by atoms with Gasteiger partial charge in [0.2, 0.25) is 0 Å². The van der Waals surface area contributed by atoms with Gasteiger partial charge in [0.15, 0.2) is 0 Å². The number of rotatable bonds is 3. The zero-order valence-corrected chi connectivity index (χ0v) is 13.4. The van der Waals surface area contributed by atoms with Crippen LogP contribution in [0.3, 0.4) is 0 Å². The van der Waals surface area contributed by atoms with Crippen LogP contribution in [-0.4, -0.2) is 44.3 Å². The highest BCUT2D eigenvalue weighted by Gasteiger charge is 2.10. The predicted molar refractivity (Wildman–Crippen MR) is 83.3 cm³/mol. The first-order valence-corrected chi connectivity index (χ1v) is 7.12. The Labute approximate surface area is 119 Å². The van der Waals surface area contributed by atoms with Gasteiger partial charge < -0.3 is 15.0 Å². The average Bonchev–Trinajstić information content (AvgIpc) is 2.97. The van der Waals surface area contributed by atoms with Crippen molar-refractivity contribution in [2.75, 3.05) is 33.3 Å². The minimum Gasteiger partial charge on any atom is -0.453 e. The van der Waals surface area contributed by atoms with E-state index in [1.165, 1.54) is 39.5 Å². The lowest BCUT2D eigenvalue weighted by molar-refractivity contribution is 0.169. The van der Waals surface area contributed by atoms with Crippen molar-refractivity contribution in [3.63, 3.8) is 0 Å². The third kappa shape index (κ3) is 19.3. The summed E-state index contributed by atoms with van der Waals surface area (Å²) in [5, 5.41) is 2.66. The molecule has 1 heterocycles. The number of amides is 1. The van der Waals surface area contributed by atoms with Crippen molar-refractivity contribution < 1.29 is 9.53 Å². The SMILES string of the molecule is C#C.CC.CCC.COC(=O)NCCN1CCCC1. The number of nitrogens with zero attached hydrogens (tertiary/aromatic N) is 1. The highest BCUT2D eigenvalue weighted by atomic mass is 16.5. The standard InChI is InChI=1S/C8H16N2O2.C3H8.C2H6.C2H2/c1-12-8(11)9-4-7-10-5-2-3-6-10;1-3-2;2*1-2/h2-7H2,1H3,(H,9,11);3H2,1-2H3;1-2H3;1-2H. The maximum Gasteiger partial charge on any atom is 0.406 e. The highest BCUT2D eigenvalue weighted by molar-refractivity contribution is 5.66. The van der Waals surface area contributed by atoms with E-state index in [9.17, 15) is 4.79 Å². The molecular weight excluding hydrogens is 240 g/mol. The van der Waals surface area contributed by atoms with Crippen LogP contribution in [0.15, 0.2) is 0 Å². The molecule has 0 aromatic rings. The van der Waals surface area contributed by atoms with Gasteiger partial charge in [0.05, 0.1) is 7.11 Å². The van der Waals surface area contributed by atoms with Gasteiger partial charge in [-0.25, -0.2) is 4.79 Å². The molecule has 19 heavy (non-hydrogen) atoms. The third-order valence-electron chi connectivity index (χ3n) is 2.08. The van der Waals surface area contributed by atoms with Crippen molar-refractivity contribution >= 4 is 6.09 Å². The van der Waals surface area contributed by atoms with E-state index in [-0.39, 0.29) is 6.09 Å². The Morgan fingerprint density at radius 1 is 1.21 bits per heavy atom. The van der Waals surface area contributed by atoms with E-state index in [4.69, 9.17) is 0 Å². The molecule has 0 unspecified atom stereocenters. The second-order valence-electron chi connectivity index (χ2n) is 3.67. The van der Waals surface area contributed by atoms with Crippen molar-refractivity contribution in [1.29, 1.82) is 0 Å². The Morgan fingerprint density at radius 2 is 1.63 bits per heavy atom. The molecule has 0 aromatic heterocycles. The first kappa shape index (κ1) is 22.9. The molecule has 0 spiro atoms. The molecule has 0 bridgehead atoms. The normalized spacial score (nSPS) is 12.6. The summed E-state index contributed by atoms with van der Waals surface area (Å²) in [5.41, 5.74) is 0. The summed E-state index contributed by atoms with van der Waals surface area (Å²) >= 11 is 0. The fourth-order valence-corrected chi connectivity index (χ4v) is 1.39. The van der Waals surface area contributed by atoms with Gasteiger partial charge in [0, 0.05) is 13.1 Å². The van der Waals surface area contributed by atoms with Crippen LogP contribution in [0.1, 0.15) is 47.0 Å². The molecule has 1 aliphatic rings. The van der Waals surface area contributed by atoms with Crippen LogP contribution in [0, 0.1) is 12.8 Å². The van der Waals surface area contributed by atoms with E-state index in [1.54, 1.807) is 0 Å². The zero-order valence-electron chi connectivity index (χ0n) is 13.4. The number of hydrogen-bond acceptors (Lipinski definition) is 3. The molecule has 0 aromatic carbocycles. The van der Waals surface area contributed by atoms with E-state index >= 15 is 0 Å². The Balaban J connectivity index is -0.000000313. The largest absolute Gasteiger partial charge is 0.453 e. The van der Waals surface area contributed by atoms with E-state index in [1.807, 2.05) is 13.8 Å². The summed E-state index contributed by atoms with van der Waals surface area (Å²) in [6.07, 6.45) is 11.5. The van der Waals surface area contributed by atoms with Crippen molar-refractivity contribution in [2.45, 2.75) is 47.0 Å². The second-order valence-corrected chi connectivity index (χ2v) is 3.67. The maximum absolute atomic E-state index is 10.6. The summed E-state index contributed by atoms with van der Waals surface area (Å²) in [6, 6.07) is 0. The van der Waals surface area contributed by atoms with Gasteiger partial charge in [-0.2, -0.15) is 0 Å². The summed E-state index contributed by atoms with van der Waals surface area (Å²) in [5.74, 6) is 0. The van der Waals surface area contributed by atoms with Crippen LogP contribution >= 0.6 is 0 Å². The second kappa shape index (κ2) is 22.0. The number of hydrogen-bond donors (Lipinski definition) is 1. The van der Waals surface area contributed by atoms with Crippen molar-refractivity contribution in [3.8, 4) is 12.8 Å². The first-order valence-electron chi connectivity index (χ1n) is 7.12. The van der Waals surface area contributed by atoms with Gasteiger partial charge in [-0.15, -0.1) is 12.8 Å². The number of likely N-dealkylation sites (tertiary alicyclic amines) is 1. The van der Waals surface area contributed by atoms with Crippen LogP contribution < -0.4 is 5.32 Å². The lowest BCUT2D eigenvalue weighted by atomic mass is 10.4. The maximum atomic E-state index is 10.6. The molecule has 0 saturated carbocycles. The van der Waals surface area contributed by atoms with Crippen LogP contribution in [0.2, 0.25) is 0 Å². The van der Waals surface area contributed by atoms with Gasteiger partial charge in [-0.05, 0) is 25.9 Å². The zero-order chi connectivity index (χ0) is 15.5. The van der Waals surface area contributed by atoms with Crippen molar-refractivity contribution in [3.05, 3.63) is 0 Å². The van der Waals surface area contributed by atoms with Crippen molar-refractivity contribution in [1.82, 2.24) is 10.2 Å². The monoisotopic (exact) mass is 272 g/mol. The Bertz CT molecular complexity index is 188. The van der Waals surface area contributed by atoms with Crippen LogP contribution in [0.4, 0.5) is 4.79 Å². The predicted octanol–water partition coefficient (Wildman–Crippen LogP) is 3.13. The molecule has 1 aliphatic heterocycles. The number of carbonyl (C=O) groups excluding carboxylic acids is 1. The van der Waals surface area contributed by atoms with Gasteiger partial charge in [-0.1, -0.05) is 34.1 Å². The van der Waals surface area contributed by atoms with Crippen LogP contribution in [-0.2, 0) is 4.74 Å². The minimum atomic E-state index is -0.339. The van der Waals surface area contributed by atoms with Crippen LogP contribution in [0.25, 0.3) is 0 Å². The number of methoxy groups -OCH3 is 1. The van der Waals surface area contributed by atoms with Crippen molar-refractivity contribution in [2.24, 2.45) is 0 Å². The topological polar surface area (TPSA) is 41.6 Å². The lowest BCUT2D eigenvalue weighted by Crippen LogP contribution is -2.33. The van der Waals surface area contributed by atoms with Gasteiger partial charge in [-0.3, -0.25) is 0 Å². The molecule has 1 N–H and O–H groups in total. The average molecular weight is 272 g/mol. The fraction of sp³-hybridized carbons (Fsp3) is 0.800. The Hall–Kier alpha value is -1.21. The molecule has 0 aliphatic carbocycles. The van der Waals surface area contributed by atoms with E-state index in [0.717, 1.165) is 6.54 Å². The number of nitrogens with one attached hydrogen (secondary N) is 1. The smallest absolute Gasteiger partial charge is 0.406 e. The number of carbonyl (C=O) groups is 1. The van der Waals surface area contributed by atoms with Gasteiger partial charge >= 0.3 is 6.09 Å². The molecule has 1 rings (SSSR count). The molecule has 4 nitrogen and oxygen atoms in total. The van der Waals surface area contributed by atoms with Crippen LogP contribution in [0.5, 0.6) is 0 Å². The summed E-state index contributed by atoms with van der Waals surface area (Å²) in [6.45, 7) is 12.2. The molecule has 4 heteroatoms. The summed E-state index contributed by atoms with van der Waals surface area (Å²) in [7, 11) is 1.38. The molecule has 1 amide bonds.